The lowest BCUT2D eigenvalue weighted by atomic mass is 10.2. The van der Waals surface area contributed by atoms with Gasteiger partial charge in [-0.05, 0) is 52.7 Å². The van der Waals surface area contributed by atoms with Crippen molar-refractivity contribution in [3.63, 3.8) is 0 Å². The fraction of sp³-hybridized carbons (Fsp3) is 0.0769. The van der Waals surface area contributed by atoms with E-state index in [1.54, 1.807) is 24.4 Å². The Morgan fingerprint density at radius 2 is 2.16 bits per heavy atom. The fourth-order valence-electron chi connectivity index (χ4n) is 1.51. The zero-order valence-corrected chi connectivity index (χ0v) is 12.4. The van der Waals surface area contributed by atoms with Gasteiger partial charge in [-0.25, -0.2) is 4.98 Å². The smallest absolute Gasteiger partial charge is 0.258 e. The number of carbonyl (C=O) groups excluding carboxylic acids is 1. The van der Waals surface area contributed by atoms with Crippen LogP contribution in [-0.2, 0) is 0 Å². The van der Waals surface area contributed by atoms with Crippen LogP contribution in [-0.4, -0.2) is 10.9 Å². The number of carbonyl (C=O) groups is 1. The number of pyridine rings is 1. The van der Waals surface area contributed by atoms with E-state index in [9.17, 15) is 4.79 Å². The summed E-state index contributed by atoms with van der Waals surface area (Å²) in [6, 6.07) is 6.52. The number of nitrogens with two attached hydrogens (primary N) is 1. The summed E-state index contributed by atoms with van der Waals surface area (Å²) in [6.45, 7) is 1.91. The number of nitrogens with zero attached hydrogens (tertiary/aromatic N) is 1. The molecule has 2 rings (SSSR count). The molecule has 0 aliphatic rings. The summed E-state index contributed by atoms with van der Waals surface area (Å²) in [6.07, 6.45) is 1.63. The lowest BCUT2D eigenvalue weighted by molar-refractivity contribution is 0.102. The quantitative estimate of drug-likeness (QED) is 0.820. The molecule has 0 spiro atoms. The lowest BCUT2D eigenvalue weighted by Gasteiger charge is -2.07. The molecule has 19 heavy (non-hydrogen) atoms. The molecule has 98 valence electrons. The van der Waals surface area contributed by atoms with Gasteiger partial charge in [-0.2, -0.15) is 0 Å². The number of hydrogen-bond acceptors (Lipinski definition) is 3. The Hall–Kier alpha value is -1.59. The van der Waals surface area contributed by atoms with Crippen molar-refractivity contribution in [1.29, 1.82) is 0 Å². The van der Waals surface area contributed by atoms with Crippen LogP contribution in [0.3, 0.4) is 0 Å². The monoisotopic (exact) mass is 339 g/mol. The normalized spacial score (nSPS) is 10.3. The summed E-state index contributed by atoms with van der Waals surface area (Å²) in [7, 11) is 0. The molecule has 6 heteroatoms. The van der Waals surface area contributed by atoms with Crippen molar-refractivity contribution in [2.75, 3.05) is 11.1 Å². The SMILES string of the molecule is Cc1cc(NC(=O)c2ccc(N)cc2Cl)ncc1Br. The van der Waals surface area contributed by atoms with Crippen LogP contribution in [0, 0.1) is 6.92 Å². The molecule has 0 radical (unpaired) electrons. The highest BCUT2D eigenvalue weighted by Gasteiger charge is 2.11. The first-order valence-corrected chi connectivity index (χ1v) is 6.63. The van der Waals surface area contributed by atoms with Crippen LogP contribution in [0.2, 0.25) is 5.02 Å². The van der Waals surface area contributed by atoms with Gasteiger partial charge < -0.3 is 11.1 Å². The van der Waals surface area contributed by atoms with Crippen molar-refractivity contribution in [3.05, 3.63) is 51.1 Å². The zero-order valence-electron chi connectivity index (χ0n) is 10.1. The molecule has 1 heterocycles. The Kier molecular flexibility index (Phi) is 4.07. The molecule has 1 amide bonds. The number of anilines is 2. The first kappa shape index (κ1) is 13.8. The summed E-state index contributed by atoms with van der Waals surface area (Å²) in [5, 5.41) is 3.00. The highest BCUT2D eigenvalue weighted by atomic mass is 79.9. The van der Waals surface area contributed by atoms with Crippen molar-refractivity contribution in [2.24, 2.45) is 0 Å². The van der Waals surface area contributed by atoms with Gasteiger partial charge >= 0.3 is 0 Å². The average Bonchev–Trinajstić information content (AvgIpc) is 2.33. The summed E-state index contributed by atoms with van der Waals surface area (Å²) in [4.78, 5) is 16.2. The molecule has 1 aromatic carbocycles. The maximum atomic E-state index is 12.1. The summed E-state index contributed by atoms with van der Waals surface area (Å²) in [5.74, 6) is 0.151. The van der Waals surface area contributed by atoms with Crippen molar-refractivity contribution in [2.45, 2.75) is 6.92 Å². The number of hydrogen-bond donors (Lipinski definition) is 2. The van der Waals surface area contributed by atoms with Gasteiger partial charge in [-0.3, -0.25) is 4.79 Å². The van der Waals surface area contributed by atoms with E-state index in [2.05, 4.69) is 26.2 Å². The van der Waals surface area contributed by atoms with Gasteiger partial charge in [0.1, 0.15) is 5.82 Å². The van der Waals surface area contributed by atoms with Crippen LogP contribution in [0.15, 0.2) is 34.9 Å². The Balaban J connectivity index is 2.23. The molecule has 2 aromatic rings. The zero-order chi connectivity index (χ0) is 14.0. The molecule has 1 aromatic heterocycles. The minimum Gasteiger partial charge on any atom is -0.399 e. The number of aromatic nitrogens is 1. The van der Waals surface area contributed by atoms with Gasteiger partial charge in [-0.15, -0.1) is 0 Å². The maximum Gasteiger partial charge on any atom is 0.258 e. The standard InChI is InChI=1S/C13H11BrClN3O/c1-7-4-12(17-6-10(7)14)18-13(19)9-3-2-8(16)5-11(9)15/h2-6H,16H2,1H3,(H,17,18,19). The van der Waals surface area contributed by atoms with Gasteiger partial charge in [0.15, 0.2) is 0 Å². The van der Waals surface area contributed by atoms with E-state index in [4.69, 9.17) is 17.3 Å². The average molecular weight is 341 g/mol. The highest BCUT2D eigenvalue weighted by molar-refractivity contribution is 9.10. The Bertz CT molecular complexity index is 646. The molecule has 0 unspecified atom stereocenters. The van der Waals surface area contributed by atoms with Crippen LogP contribution in [0.25, 0.3) is 0 Å². The molecule has 0 aliphatic carbocycles. The summed E-state index contributed by atoms with van der Waals surface area (Å²) >= 11 is 9.33. The van der Waals surface area contributed by atoms with E-state index in [0.717, 1.165) is 10.0 Å². The molecule has 0 saturated carbocycles. The van der Waals surface area contributed by atoms with Crippen LogP contribution in [0.4, 0.5) is 11.5 Å². The van der Waals surface area contributed by atoms with Crippen LogP contribution >= 0.6 is 27.5 Å². The second kappa shape index (κ2) is 5.59. The predicted molar refractivity (Wildman–Crippen MR) is 80.5 cm³/mol. The minimum atomic E-state index is -0.320. The minimum absolute atomic E-state index is 0.311. The molecule has 0 saturated heterocycles. The number of halogens is 2. The number of aryl methyl sites for hydroxylation is 1. The molecular formula is C13H11BrClN3O. The predicted octanol–water partition coefficient (Wildman–Crippen LogP) is 3.64. The molecule has 0 fully saturated rings. The number of benzene rings is 1. The summed E-state index contributed by atoms with van der Waals surface area (Å²) in [5.41, 5.74) is 7.44. The number of nitrogen functional groups attached to an aromatic ring is 1. The van der Waals surface area contributed by atoms with E-state index in [1.165, 1.54) is 6.07 Å². The summed E-state index contributed by atoms with van der Waals surface area (Å²) < 4.78 is 0.885. The number of rotatable bonds is 2. The van der Waals surface area contributed by atoms with E-state index < -0.39 is 0 Å². The molecule has 0 atom stereocenters. The van der Waals surface area contributed by atoms with Gasteiger partial charge in [0, 0.05) is 16.4 Å². The van der Waals surface area contributed by atoms with E-state index in [0.29, 0.717) is 22.1 Å². The molecule has 0 aliphatic heterocycles. The van der Waals surface area contributed by atoms with Crippen molar-refractivity contribution in [1.82, 2.24) is 4.98 Å². The highest BCUT2D eigenvalue weighted by Crippen LogP contribution is 2.21. The van der Waals surface area contributed by atoms with Gasteiger partial charge in [0.05, 0.1) is 10.6 Å². The van der Waals surface area contributed by atoms with Gasteiger partial charge in [0.25, 0.3) is 5.91 Å². The third kappa shape index (κ3) is 3.24. The third-order valence-electron chi connectivity index (χ3n) is 2.53. The van der Waals surface area contributed by atoms with Crippen LogP contribution in [0.5, 0.6) is 0 Å². The van der Waals surface area contributed by atoms with E-state index in [1.807, 2.05) is 6.92 Å². The topological polar surface area (TPSA) is 68.0 Å². The largest absolute Gasteiger partial charge is 0.399 e. The molecular weight excluding hydrogens is 330 g/mol. The molecule has 3 N–H and O–H groups in total. The van der Waals surface area contributed by atoms with Crippen LogP contribution in [0.1, 0.15) is 15.9 Å². The van der Waals surface area contributed by atoms with E-state index >= 15 is 0 Å². The Morgan fingerprint density at radius 3 is 2.79 bits per heavy atom. The van der Waals surface area contributed by atoms with Crippen LogP contribution < -0.4 is 11.1 Å². The Morgan fingerprint density at radius 1 is 1.42 bits per heavy atom. The molecule has 4 nitrogen and oxygen atoms in total. The first-order chi connectivity index (χ1) is 8.97. The second-order valence-electron chi connectivity index (χ2n) is 4.01. The van der Waals surface area contributed by atoms with Crippen molar-refractivity contribution < 1.29 is 4.79 Å². The molecule has 0 bridgehead atoms. The van der Waals surface area contributed by atoms with Gasteiger partial charge in [-0.1, -0.05) is 11.6 Å². The maximum absolute atomic E-state index is 12.1. The van der Waals surface area contributed by atoms with Crippen molar-refractivity contribution >= 4 is 44.9 Å². The number of nitrogens with one attached hydrogen (secondary N) is 1. The van der Waals surface area contributed by atoms with E-state index in [-0.39, 0.29) is 5.91 Å². The fourth-order valence-corrected chi connectivity index (χ4v) is 2.00. The second-order valence-corrected chi connectivity index (χ2v) is 5.27. The van der Waals surface area contributed by atoms with Gasteiger partial charge in [0.2, 0.25) is 0 Å². The Labute approximate surface area is 124 Å². The van der Waals surface area contributed by atoms with Crippen molar-refractivity contribution in [3.8, 4) is 0 Å². The number of amides is 1. The lowest BCUT2D eigenvalue weighted by Crippen LogP contribution is -2.13. The first-order valence-electron chi connectivity index (χ1n) is 5.46. The third-order valence-corrected chi connectivity index (χ3v) is 3.67.